The molecule has 1 aliphatic rings. The van der Waals surface area contributed by atoms with Crippen molar-refractivity contribution in [3.63, 3.8) is 0 Å². The molecule has 0 aliphatic heterocycles. The average Bonchev–Trinajstić information content (AvgIpc) is 3.05. The van der Waals surface area contributed by atoms with Gasteiger partial charge in [-0.15, -0.1) is 0 Å². The largest absolute Gasteiger partial charge is 0.497 e. The van der Waals surface area contributed by atoms with Crippen molar-refractivity contribution in [2.45, 2.75) is 31.7 Å². The van der Waals surface area contributed by atoms with Crippen molar-refractivity contribution in [1.29, 1.82) is 0 Å². The van der Waals surface area contributed by atoms with Gasteiger partial charge in [-0.2, -0.15) is 0 Å². The zero-order chi connectivity index (χ0) is 15.2. The Morgan fingerprint density at radius 3 is 2.50 bits per heavy atom. The summed E-state index contributed by atoms with van der Waals surface area (Å²) in [6.07, 6.45) is 3.94. The molecule has 2 nitrogen and oxygen atoms in total. The lowest BCUT2D eigenvalue weighted by Gasteiger charge is -2.13. The molecule has 0 saturated heterocycles. The predicted octanol–water partition coefficient (Wildman–Crippen LogP) is 4.37. The van der Waals surface area contributed by atoms with Crippen LogP contribution in [0.3, 0.4) is 0 Å². The number of benzene rings is 2. The van der Waals surface area contributed by atoms with Crippen LogP contribution in [0.15, 0.2) is 54.6 Å². The third-order valence-corrected chi connectivity index (χ3v) is 4.73. The van der Waals surface area contributed by atoms with E-state index in [0.717, 1.165) is 30.7 Å². The molecule has 1 fully saturated rings. The second-order valence-corrected chi connectivity index (χ2v) is 6.27. The molecule has 2 heteroatoms. The summed E-state index contributed by atoms with van der Waals surface area (Å²) < 4.78 is 5.24. The lowest BCUT2D eigenvalue weighted by Crippen LogP contribution is -2.20. The van der Waals surface area contributed by atoms with Gasteiger partial charge in [0, 0.05) is 6.54 Å². The van der Waals surface area contributed by atoms with E-state index in [1.807, 2.05) is 0 Å². The van der Waals surface area contributed by atoms with Gasteiger partial charge in [-0.05, 0) is 60.9 Å². The smallest absolute Gasteiger partial charge is 0.118 e. The second-order valence-electron chi connectivity index (χ2n) is 6.27. The highest BCUT2D eigenvalue weighted by atomic mass is 16.5. The molecular formula is C20H25NO. The zero-order valence-corrected chi connectivity index (χ0v) is 13.3. The van der Waals surface area contributed by atoms with Gasteiger partial charge in [0.2, 0.25) is 0 Å². The molecule has 22 heavy (non-hydrogen) atoms. The average molecular weight is 295 g/mol. The van der Waals surface area contributed by atoms with Crippen LogP contribution in [0.25, 0.3) is 0 Å². The summed E-state index contributed by atoms with van der Waals surface area (Å²) in [5.74, 6) is 2.47. The molecule has 0 heterocycles. The fourth-order valence-electron chi connectivity index (χ4n) is 3.46. The molecule has 0 amide bonds. The minimum absolute atomic E-state index is 0.717. The molecule has 1 aliphatic carbocycles. The van der Waals surface area contributed by atoms with Crippen LogP contribution in [0.5, 0.6) is 5.75 Å². The third kappa shape index (κ3) is 3.89. The van der Waals surface area contributed by atoms with Crippen LogP contribution in [0.1, 0.15) is 36.3 Å². The fraction of sp³-hybridized carbons (Fsp3) is 0.400. The molecule has 1 saturated carbocycles. The van der Waals surface area contributed by atoms with Crippen molar-refractivity contribution in [3.8, 4) is 5.75 Å². The topological polar surface area (TPSA) is 21.3 Å². The van der Waals surface area contributed by atoms with Crippen molar-refractivity contribution in [3.05, 3.63) is 65.7 Å². The minimum atomic E-state index is 0.717. The molecule has 2 atom stereocenters. The molecule has 0 aromatic heterocycles. The van der Waals surface area contributed by atoms with E-state index in [2.05, 4.69) is 59.9 Å². The van der Waals surface area contributed by atoms with Gasteiger partial charge < -0.3 is 10.1 Å². The van der Waals surface area contributed by atoms with E-state index in [4.69, 9.17) is 4.74 Å². The first-order chi connectivity index (χ1) is 10.8. The second kappa shape index (κ2) is 7.46. The summed E-state index contributed by atoms with van der Waals surface area (Å²) in [6, 6.07) is 19.3. The van der Waals surface area contributed by atoms with Gasteiger partial charge in [0.1, 0.15) is 5.75 Å². The molecule has 3 rings (SSSR count). The van der Waals surface area contributed by atoms with Crippen molar-refractivity contribution < 1.29 is 4.74 Å². The van der Waals surface area contributed by atoms with Gasteiger partial charge in [0.25, 0.3) is 0 Å². The molecule has 0 bridgehead atoms. The van der Waals surface area contributed by atoms with Crippen molar-refractivity contribution in [2.75, 3.05) is 13.7 Å². The van der Waals surface area contributed by atoms with Crippen LogP contribution in [-0.2, 0) is 6.54 Å². The standard InChI is InChI=1S/C20H25NO/c1-22-20-11-9-18(10-12-20)19-8-7-17(13-19)15-21-14-16-5-3-2-4-6-16/h2-6,9-12,17,19,21H,7-8,13-15H2,1H3. The van der Waals surface area contributed by atoms with Gasteiger partial charge >= 0.3 is 0 Å². The summed E-state index contributed by atoms with van der Waals surface area (Å²) in [5, 5.41) is 3.61. The number of rotatable bonds is 6. The van der Waals surface area contributed by atoms with Crippen molar-refractivity contribution in [2.24, 2.45) is 5.92 Å². The Bertz CT molecular complexity index is 564. The van der Waals surface area contributed by atoms with Crippen LogP contribution in [0.2, 0.25) is 0 Å². The highest BCUT2D eigenvalue weighted by molar-refractivity contribution is 5.29. The lowest BCUT2D eigenvalue weighted by molar-refractivity contribution is 0.414. The molecule has 2 unspecified atom stereocenters. The van der Waals surface area contributed by atoms with E-state index < -0.39 is 0 Å². The highest BCUT2D eigenvalue weighted by Gasteiger charge is 2.25. The van der Waals surface area contributed by atoms with E-state index in [-0.39, 0.29) is 0 Å². The molecular weight excluding hydrogens is 270 g/mol. The summed E-state index contributed by atoms with van der Waals surface area (Å²) >= 11 is 0. The number of nitrogens with one attached hydrogen (secondary N) is 1. The monoisotopic (exact) mass is 295 g/mol. The quantitative estimate of drug-likeness (QED) is 0.854. The summed E-state index contributed by atoms with van der Waals surface area (Å²) in [7, 11) is 1.72. The molecule has 1 N–H and O–H groups in total. The Morgan fingerprint density at radius 2 is 1.77 bits per heavy atom. The van der Waals surface area contributed by atoms with Crippen LogP contribution >= 0.6 is 0 Å². The zero-order valence-electron chi connectivity index (χ0n) is 13.3. The van der Waals surface area contributed by atoms with Crippen LogP contribution in [0.4, 0.5) is 0 Å². The molecule has 2 aromatic rings. The fourth-order valence-corrected chi connectivity index (χ4v) is 3.46. The van der Waals surface area contributed by atoms with Crippen molar-refractivity contribution >= 4 is 0 Å². The van der Waals surface area contributed by atoms with Gasteiger partial charge in [0.05, 0.1) is 7.11 Å². The molecule has 0 radical (unpaired) electrons. The summed E-state index contributed by atoms with van der Waals surface area (Å²) in [6.45, 7) is 2.10. The summed E-state index contributed by atoms with van der Waals surface area (Å²) in [5.41, 5.74) is 2.83. The highest BCUT2D eigenvalue weighted by Crippen LogP contribution is 2.38. The van der Waals surface area contributed by atoms with Gasteiger partial charge in [-0.1, -0.05) is 42.5 Å². The first kappa shape index (κ1) is 15.1. The number of methoxy groups -OCH3 is 1. The van der Waals surface area contributed by atoms with E-state index in [0.29, 0.717) is 0 Å². The van der Waals surface area contributed by atoms with Crippen LogP contribution < -0.4 is 10.1 Å². The maximum absolute atomic E-state index is 5.24. The van der Waals surface area contributed by atoms with E-state index in [1.54, 1.807) is 7.11 Å². The Morgan fingerprint density at radius 1 is 1.00 bits per heavy atom. The molecule has 2 aromatic carbocycles. The SMILES string of the molecule is COc1ccc(C2CCC(CNCc3ccccc3)C2)cc1. The third-order valence-electron chi connectivity index (χ3n) is 4.73. The van der Waals surface area contributed by atoms with Gasteiger partial charge in [-0.3, -0.25) is 0 Å². The molecule has 0 spiro atoms. The number of hydrogen-bond donors (Lipinski definition) is 1. The van der Waals surface area contributed by atoms with Crippen molar-refractivity contribution in [1.82, 2.24) is 5.32 Å². The maximum Gasteiger partial charge on any atom is 0.118 e. The van der Waals surface area contributed by atoms with Crippen LogP contribution in [0, 0.1) is 5.92 Å². The minimum Gasteiger partial charge on any atom is -0.497 e. The predicted molar refractivity (Wildman–Crippen MR) is 91.2 cm³/mol. The molecule has 116 valence electrons. The Kier molecular flexibility index (Phi) is 5.12. The maximum atomic E-state index is 5.24. The first-order valence-electron chi connectivity index (χ1n) is 8.24. The van der Waals surface area contributed by atoms with Gasteiger partial charge in [-0.25, -0.2) is 0 Å². The first-order valence-corrected chi connectivity index (χ1v) is 8.24. The Labute approximate surface area is 133 Å². The lowest BCUT2D eigenvalue weighted by atomic mass is 9.96. The number of hydrogen-bond acceptors (Lipinski definition) is 2. The normalized spacial score (nSPS) is 21.0. The van der Waals surface area contributed by atoms with E-state index in [9.17, 15) is 0 Å². The Hall–Kier alpha value is -1.80. The Balaban J connectivity index is 1.45. The number of ether oxygens (including phenoxy) is 1. The summed E-state index contributed by atoms with van der Waals surface area (Å²) in [4.78, 5) is 0. The van der Waals surface area contributed by atoms with Gasteiger partial charge in [0.15, 0.2) is 0 Å². The van der Waals surface area contributed by atoms with E-state index >= 15 is 0 Å². The van der Waals surface area contributed by atoms with E-state index in [1.165, 1.54) is 30.4 Å². The van der Waals surface area contributed by atoms with Crippen LogP contribution in [-0.4, -0.2) is 13.7 Å².